The number of hydrogen-bond donors (Lipinski definition) is 1. The summed E-state index contributed by atoms with van der Waals surface area (Å²) in [4.78, 5) is 8.11. The molecule has 100 valence electrons. The van der Waals surface area contributed by atoms with Gasteiger partial charge in [-0.1, -0.05) is 25.1 Å². The number of hydrogen-bond acceptors (Lipinski definition) is 2. The molecule has 0 spiro atoms. The van der Waals surface area contributed by atoms with Crippen LogP contribution in [0.5, 0.6) is 0 Å². The molecule has 0 unspecified atom stereocenters. The number of imidazole rings is 1. The molecule has 0 atom stereocenters. The quantitative estimate of drug-likeness (QED) is 0.764. The molecule has 3 nitrogen and oxygen atoms in total. The highest BCUT2D eigenvalue weighted by atomic mass is 16.5. The molecule has 4 rings (SSSR count). The van der Waals surface area contributed by atoms with Crippen molar-refractivity contribution in [2.24, 2.45) is 0 Å². The van der Waals surface area contributed by atoms with E-state index in [1.807, 2.05) is 0 Å². The van der Waals surface area contributed by atoms with E-state index in [1.54, 1.807) is 0 Å². The number of ether oxygens (including phenoxy) is 1. The van der Waals surface area contributed by atoms with Crippen LogP contribution in [-0.2, 0) is 24.4 Å². The summed E-state index contributed by atoms with van der Waals surface area (Å²) in [6, 6.07) is 12.9. The largest absolute Gasteiger partial charge is 0.372 e. The fourth-order valence-corrected chi connectivity index (χ4v) is 2.73. The fraction of sp³-hybridized carbons (Fsp3) is 0.235. The molecule has 0 radical (unpaired) electrons. The molecule has 0 fully saturated rings. The van der Waals surface area contributed by atoms with Gasteiger partial charge in [0.25, 0.3) is 0 Å². The Balaban J connectivity index is 1.81. The average molecular weight is 264 g/mol. The smallest absolute Gasteiger partial charge is 0.138 e. The molecule has 0 saturated heterocycles. The molecule has 0 aliphatic carbocycles. The predicted molar refractivity (Wildman–Crippen MR) is 79.4 cm³/mol. The first-order chi connectivity index (χ1) is 9.83. The molecule has 1 aromatic heterocycles. The van der Waals surface area contributed by atoms with Gasteiger partial charge in [-0.25, -0.2) is 4.98 Å². The van der Waals surface area contributed by atoms with Gasteiger partial charge >= 0.3 is 0 Å². The third-order valence-electron chi connectivity index (χ3n) is 3.95. The Morgan fingerprint density at radius 2 is 2.00 bits per heavy atom. The van der Waals surface area contributed by atoms with Crippen molar-refractivity contribution in [1.82, 2.24) is 9.97 Å². The maximum absolute atomic E-state index is 5.46. The van der Waals surface area contributed by atoms with E-state index in [0.29, 0.717) is 6.61 Å². The molecule has 0 amide bonds. The zero-order valence-corrected chi connectivity index (χ0v) is 11.4. The molecule has 0 saturated carbocycles. The summed E-state index contributed by atoms with van der Waals surface area (Å²) in [6.07, 6.45) is 1.04. The van der Waals surface area contributed by atoms with Crippen molar-refractivity contribution in [3.63, 3.8) is 0 Å². The highest BCUT2D eigenvalue weighted by molar-refractivity contribution is 5.80. The second kappa shape index (κ2) is 4.46. The van der Waals surface area contributed by atoms with Crippen LogP contribution >= 0.6 is 0 Å². The Hall–Kier alpha value is -2.13. The predicted octanol–water partition coefficient (Wildman–Crippen LogP) is 3.82. The van der Waals surface area contributed by atoms with Gasteiger partial charge in [-0.2, -0.15) is 0 Å². The van der Waals surface area contributed by atoms with Crippen molar-refractivity contribution in [1.29, 1.82) is 0 Å². The van der Waals surface area contributed by atoms with E-state index in [0.717, 1.165) is 35.4 Å². The van der Waals surface area contributed by atoms with E-state index in [1.165, 1.54) is 16.7 Å². The van der Waals surface area contributed by atoms with Gasteiger partial charge < -0.3 is 9.72 Å². The number of fused-ring (bicyclic) bond motifs is 2. The van der Waals surface area contributed by atoms with Gasteiger partial charge in [-0.3, -0.25) is 0 Å². The Bertz CT molecular complexity index is 789. The van der Waals surface area contributed by atoms with Crippen molar-refractivity contribution in [3.05, 3.63) is 53.1 Å². The average Bonchev–Trinajstić information content (AvgIpc) is 3.11. The number of nitrogens with zero attached hydrogens (tertiary/aromatic N) is 1. The molecule has 1 aliphatic rings. The first-order valence-corrected chi connectivity index (χ1v) is 7.02. The summed E-state index contributed by atoms with van der Waals surface area (Å²) < 4.78 is 5.46. The molecule has 20 heavy (non-hydrogen) atoms. The molecular weight excluding hydrogens is 248 g/mol. The zero-order valence-electron chi connectivity index (χ0n) is 11.4. The van der Waals surface area contributed by atoms with E-state index in [4.69, 9.17) is 4.74 Å². The van der Waals surface area contributed by atoms with Crippen LogP contribution in [0.1, 0.15) is 23.6 Å². The van der Waals surface area contributed by atoms with Crippen LogP contribution < -0.4 is 0 Å². The van der Waals surface area contributed by atoms with Crippen LogP contribution in [0.15, 0.2) is 36.4 Å². The minimum absolute atomic E-state index is 0.712. The molecular formula is C17H16N2O. The maximum Gasteiger partial charge on any atom is 0.138 e. The lowest BCUT2D eigenvalue weighted by Crippen LogP contribution is -1.85. The lowest BCUT2D eigenvalue weighted by atomic mass is 10.1. The molecule has 0 bridgehead atoms. The standard InChI is InChI=1S/C17H16N2O/c1-2-11-3-6-15-16(7-11)19-17(18-15)12-4-5-13-9-20-10-14(13)8-12/h3-8H,2,9-10H2,1H3,(H,18,19). The van der Waals surface area contributed by atoms with Crippen LogP contribution in [0.3, 0.4) is 0 Å². The lowest BCUT2D eigenvalue weighted by molar-refractivity contribution is 0.134. The Labute approximate surface area is 117 Å². The van der Waals surface area contributed by atoms with Crippen LogP contribution in [0.25, 0.3) is 22.4 Å². The lowest BCUT2D eigenvalue weighted by Gasteiger charge is -2.00. The topological polar surface area (TPSA) is 37.9 Å². The fourth-order valence-electron chi connectivity index (χ4n) is 2.73. The number of nitrogens with one attached hydrogen (secondary N) is 1. The number of rotatable bonds is 2. The summed E-state index contributed by atoms with van der Waals surface area (Å²) >= 11 is 0. The van der Waals surface area contributed by atoms with E-state index in [2.05, 4.69) is 53.3 Å². The molecule has 1 N–H and O–H groups in total. The van der Waals surface area contributed by atoms with E-state index >= 15 is 0 Å². The van der Waals surface area contributed by atoms with Crippen molar-refractivity contribution < 1.29 is 4.74 Å². The van der Waals surface area contributed by atoms with Crippen molar-refractivity contribution in [2.75, 3.05) is 0 Å². The Morgan fingerprint density at radius 1 is 1.10 bits per heavy atom. The van der Waals surface area contributed by atoms with Gasteiger partial charge in [0.15, 0.2) is 0 Å². The van der Waals surface area contributed by atoms with Gasteiger partial charge in [-0.15, -0.1) is 0 Å². The Kier molecular flexibility index (Phi) is 2.60. The van der Waals surface area contributed by atoms with Crippen LogP contribution in [0.2, 0.25) is 0 Å². The summed E-state index contributed by atoms with van der Waals surface area (Å²) in [5.74, 6) is 0.933. The first-order valence-electron chi connectivity index (χ1n) is 7.02. The molecule has 3 heteroatoms. The monoisotopic (exact) mass is 264 g/mol. The summed E-state index contributed by atoms with van der Waals surface area (Å²) in [5, 5.41) is 0. The maximum atomic E-state index is 5.46. The third kappa shape index (κ3) is 1.82. The molecule has 3 aromatic rings. The second-order valence-corrected chi connectivity index (χ2v) is 5.27. The number of aromatic amines is 1. The van der Waals surface area contributed by atoms with Gasteiger partial charge in [0.2, 0.25) is 0 Å². The minimum atomic E-state index is 0.712. The van der Waals surface area contributed by atoms with Gasteiger partial charge in [0.05, 0.1) is 24.2 Å². The van der Waals surface area contributed by atoms with Gasteiger partial charge in [-0.05, 0) is 41.3 Å². The van der Waals surface area contributed by atoms with Gasteiger partial charge in [0.1, 0.15) is 5.82 Å². The molecule has 1 aliphatic heterocycles. The third-order valence-corrected chi connectivity index (χ3v) is 3.95. The van der Waals surface area contributed by atoms with E-state index < -0.39 is 0 Å². The van der Waals surface area contributed by atoms with Crippen molar-refractivity contribution >= 4 is 11.0 Å². The highest BCUT2D eigenvalue weighted by Crippen LogP contribution is 2.27. The summed E-state index contributed by atoms with van der Waals surface area (Å²) in [7, 11) is 0. The number of aromatic nitrogens is 2. The number of aryl methyl sites for hydroxylation is 1. The Morgan fingerprint density at radius 3 is 2.90 bits per heavy atom. The summed E-state index contributed by atoms with van der Waals surface area (Å²) in [6.45, 7) is 3.61. The van der Waals surface area contributed by atoms with Crippen LogP contribution in [-0.4, -0.2) is 9.97 Å². The van der Waals surface area contributed by atoms with E-state index in [9.17, 15) is 0 Å². The normalized spacial score (nSPS) is 13.8. The number of benzene rings is 2. The second-order valence-electron chi connectivity index (χ2n) is 5.27. The summed E-state index contributed by atoms with van der Waals surface area (Å²) in [5.41, 5.74) is 7.15. The SMILES string of the molecule is CCc1ccc2nc(-c3ccc4c(c3)COC4)[nH]c2c1. The molecule has 2 aromatic carbocycles. The first kappa shape index (κ1) is 11.7. The van der Waals surface area contributed by atoms with Crippen LogP contribution in [0, 0.1) is 0 Å². The minimum Gasteiger partial charge on any atom is -0.372 e. The zero-order chi connectivity index (χ0) is 13.5. The van der Waals surface area contributed by atoms with Crippen molar-refractivity contribution in [2.45, 2.75) is 26.6 Å². The van der Waals surface area contributed by atoms with E-state index in [-0.39, 0.29) is 0 Å². The van der Waals surface area contributed by atoms with Crippen molar-refractivity contribution in [3.8, 4) is 11.4 Å². The van der Waals surface area contributed by atoms with Gasteiger partial charge in [0, 0.05) is 5.56 Å². The van der Waals surface area contributed by atoms with Crippen LogP contribution in [0.4, 0.5) is 0 Å². The molecule has 2 heterocycles. The number of H-pyrrole nitrogens is 1. The highest BCUT2D eigenvalue weighted by Gasteiger charge is 2.13.